The maximum Gasteiger partial charge on any atom is 0.354 e. The molecule has 0 saturated heterocycles. The molecule has 0 aliphatic heterocycles. The van der Waals surface area contributed by atoms with E-state index in [4.69, 9.17) is 0 Å². The van der Waals surface area contributed by atoms with Gasteiger partial charge in [-0.2, -0.15) is 0 Å². The minimum Gasteiger partial charge on any atom is -0.466 e. The third-order valence-electron chi connectivity index (χ3n) is 1.99. The maximum atomic E-state index is 12.7. The Balaban J connectivity index is 2.91. The monoisotopic (exact) mass is 253 g/mol. The van der Waals surface area contributed by atoms with Crippen LogP contribution in [0.2, 0.25) is 0 Å². The Morgan fingerprint density at radius 3 is 2.28 bits per heavy atom. The zero-order valence-electron chi connectivity index (χ0n) is 9.90. The predicted molar refractivity (Wildman–Crippen MR) is 62.1 cm³/mol. The largest absolute Gasteiger partial charge is 0.466 e. The van der Waals surface area contributed by atoms with Gasteiger partial charge in [0.2, 0.25) is 0 Å². The molecule has 0 amide bonds. The maximum absolute atomic E-state index is 12.7. The first-order chi connectivity index (χ1) is 8.56. The molecular weight excluding hydrogens is 241 g/mol. The summed E-state index contributed by atoms with van der Waals surface area (Å²) in [6.07, 6.45) is 0.954. The van der Waals surface area contributed by atoms with Gasteiger partial charge in [0.25, 0.3) is 0 Å². The molecule has 5 nitrogen and oxygen atoms in total. The predicted octanol–water partition coefficient (Wildman–Crippen LogP) is 1.47. The van der Waals surface area contributed by atoms with Gasteiger partial charge in [0.05, 0.1) is 20.3 Å². The number of methoxy groups -OCH3 is 2. The molecular formula is C12H12FNO4. The average Bonchev–Trinajstić information content (AvgIpc) is 2.39. The minimum atomic E-state index is -0.732. The Labute approximate surface area is 103 Å². The fourth-order valence-electron chi connectivity index (χ4n) is 1.12. The molecule has 1 aromatic rings. The van der Waals surface area contributed by atoms with Crippen molar-refractivity contribution in [3.8, 4) is 0 Å². The molecule has 0 aliphatic rings. The van der Waals surface area contributed by atoms with Crippen LogP contribution < -0.4 is 5.32 Å². The van der Waals surface area contributed by atoms with Gasteiger partial charge in [0, 0.05) is 5.69 Å². The molecule has 0 saturated carbocycles. The quantitative estimate of drug-likeness (QED) is 0.650. The number of hydrogen-bond acceptors (Lipinski definition) is 5. The minimum absolute atomic E-state index is 0.101. The fourth-order valence-corrected chi connectivity index (χ4v) is 1.12. The Kier molecular flexibility index (Phi) is 4.86. The first-order valence-electron chi connectivity index (χ1n) is 4.97. The van der Waals surface area contributed by atoms with Gasteiger partial charge in [-0.25, -0.2) is 14.0 Å². The van der Waals surface area contributed by atoms with Crippen molar-refractivity contribution in [1.82, 2.24) is 0 Å². The van der Waals surface area contributed by atoms with E-state index in [2.05, 4.69) is 14.8 Å². The summed E-state index contributed by atoms with van der Waals surface area (Å²) in [5.74, 6) is -1.84. The molecule has 0 aliphatic carbocycles. The van der Waals surface area contributed by atoms with Gasteiger partial charge in [0.15, 0.2) is 0 Å². The smallest absolute Gasteiger partial charge is 0.354 e. The van der Waals surface area contributed by atoms with E-state index in [-0.39, 0.29) is 5.70 Å². The van der Waals surface area contributed by atoms with E-state index >= 15 is 0 Å². The summed E-state index contributed by atoms with van der Waals surface area (Å²) in [5.41, 5.74) is 0.341. The van der Waals surface area contributed by atoms with Crippen LogP contribution in [0.3, 0.4) is 0 Å². The number of nitrogens with one attached hydrogen (secondary N) is 1. The summed E-state index contributed by atoms with van der Waals surface area (Å²) in [6, 6.07) is 5.28. The third-order valence-corrected chi connectivity index (χ3v) is 1.99. The van der Waals surface area contributed by atoms with Gasteiger partial charge in [-0.1, -0.05) is 0 Å². The van der Waals surface area contributed by atoms with E-state index in [0.29, 0.717) is 5.69 Å². The lowest BCUT2D eigenvalue weighted by molar-refractivity contribution is -0.138. The van der Waals surface area contributed by atoms with Crippen molar-refractivity contribution in [2.75, 3.05) is 19.5 Å². The molecule has 0 spiro atoms. The summed E-state index contributed by atoms with van der Waals surface area (Å²) in [6.45, 7) is 0. The van der Waals surface area contributed by atoms with Crippen LogP contribution in [0.25, 0.3) is 0 Å². The number of esters is 2. The molecule has 1 rings (SSSR count). The number of ether oxygens (including phenoxy) is 2. The molecule has 1 N–H and O–H groups in total. The van der Waals surface area contributed by atoms with Crippen molar-refractivity contribution in [2.45, 2.75) is 0 Å². The third kappa shape index (κ3) is 3.89. The number of carbonyl (C=O) groups is 2. The van der Waals surface area contributed by atoms with Crippen LogP contribution in [0.1, 0.15) is 0 Å². The zero-order valence-corrected chi connectivity index (χ0v) is 9.90. The number of carbonyl (C=O) groups excluding carboxylic acids is 2. The van der Waals surface area contributed by atoms with Crippen molar-refractivity contribution >= 4 is 17.6 Å². The lowest BCUT2D eigenvalue weighted by Crippen LogP contribution is -2.15. The SMILES string of the molecule is COC(=O)C=C(Nc1ccc(F)cc1)C(=O)OC. The Morgan fingerprint density at radius 2 is 1.78 bits per heavy atom. The van der Waals surface area contributed by atoms with Gasteiger partial charge in [-0.05, 0) is 24.3 Å². The second-order valence-corrected chi connectivity index (χ2v) is 3.20. The highest BCUT2D eigenvalue weighted by Crippen LogP contribution is 2.12. The number of anilines is 1. The van der Waals surface area contributed by atoms with Crippen molar-refractivity contribution < 1.29 is 23.5 Å². The molecule has 0 atom stereocenters. The highest BCUT2D eigenvalue weighted by molar-refractivity contribution is 5.98. The van der Waals surface area contributed by atoms with E-state index in [0.717, 1.165) is 6.08 Å². The van der Waals surface area contributed by atoms with Crippen LogP contribution in [0.15, 0.2) is 36.0 Å². The van der Waals surface area contributed by atoms with E-state index < -0.39 is 17.8 Å². The van der Waals surface area contributed by atoms with E-state index in [1.807, 2.05) is 0 Å². The molecule has 1 aromatic carbocycles. The van der Waals surface area contributed by atoms with Gasteiger partial charge >= 0.3 is 11.9 Å². The fraction of sp³-hybridized carbons (Fsp3) is 0.167. The molecule has 0 aromatic heterocycles. The average molecular weight is 253 g/mol. The van der Waals surface area contributed by atoms with Crippen molar-refractivity contribution in [3.05, 3.63) is 41.9 Å². The van der Waals surface area contributed by atoms with Crippen molar-refractivity contribution in [1.29, 1.82) is 0 Å². The van der Waals surface area contributed by atoms with Crippen LogP contribution in [-0.2, 0) is 19.1 Å². The lowest BCUT2D eigenvalue weighted by Gasteiger charge is -2.08. The molecule has 6 heteroatoms. The highest BCUT2D eigenvalue weighted by Gasteiger charge is 2.12. The number of hydrogen-bond donors (Lipinski definition) is 1. The van der Waals surface area contributed by atoms with E-state index in [1.54, 1.807) is 0 Å². The molecule has 96 valence electrons. The number of rotatable bonds is 4. The number of halogens is 1. The van der Waals surface area contributed by atoms with E-state index in [1.165, 1.54) is 38.5 Å². The van der Waals surface area contributed by atoms with Gasteiger partial charge in [-0.15, -0.1) is 0 Å². The standard InChI is InChI=1S/C12H12FNO4/c1-17-11(15)7-10(12(16)18-2)14-9-5-3-8(13)4-6-9/h3-7,14H,1-2H3. The van der Waals surface area contributed by atoms with E-state index in [9.17, 15) is 14.0 Å². The summed E-state index contributed by atoms with van der Waals surface area (Å²) in [7, 11) is 2.37. The molecule has 0 unspecified atom stereocenters. The number of benzene rings is 1. The summed E-state index contributed by atoms with van der Waals surface area (Å²) < 4.78 is 21.6. The van der Waals surface area contributed by atoms with Crippen LogP contribution in [-0.4, -0.2) is 26.2 Å². The second-order valence-electron chi connectivity index (χ2n) is 3.20. The van der Waals surface area contributed by atoms with Crippen LogP contribution >= 0.6 is 0 Å². The summed E-state index contributed by atoms with van der Waals surface area (Å²) >= 11 is 0. The lowest BCUT2D eigenvalue weighted by atomic mass is 10.3. The van der Waals surface area contributed by atoms with Crippen LogP contribution in [0.4, 0.5) is 10.1 Å². The Hall–Kier alpha value is -2.37. The summed E-state index contributed by atoms with van der Waals surface area (Å²) in [5, 5.41) is 2.64. The summed E-state index contributed by atoms with van der Waals surface area (Å²) in [4.78, 5) is 22.5. The molecule has 0 fully saturated rings. The molecule has 0 radical (unpaired) electrons. The topological polar surface area (TPSA) is 64.6 Å². The zero-order chi connectivity index (χ0) is 13.5. The normalized spacial score (nSPS) is 10.7. The first-order valence-corrected chi connectivity index (χ1v) is 4.97. The van der Waals surface area contributed by atoms with Gasteiger partial charge in [-0.3, -0.25) is 0 Å². The van der Waals surface area contributed by atoms with Gasteiger partial charge in [0.1, 0.15) is 11.5 Å². The molecule has 0 bridgehead atoms. The van der Waals surface area contributed by atoms with Crippen molar-refractivity contribution in [2.24, 2.45) is 0 Å². The van der Waals surface area contributed by atoms with Crippen LogP contribution in [0.5, 0.6) is 0 Å². The molecule has 0 heterocycles. The Morgan fingerprint density at radius 1 is 1.17 bits per heavy atom. The Bertz CT molecular complexity index is 467. The van der Waals surface area contributed by atoms with Crippen LogP contribution in [0, 0.1) is 5.82 Å². The van der Waals surface area contributed by atoms with Gasteiger partial charge < -0.3 is 14.8 Å². The van der Waals surface area contributed by atoms with Crippen molar-refractivity contribution in [3.63, 3.8) is 0 Å². The molecule has 18 heavy (non-hydrogen) atoms. The first kappa shape index (κ1) is 13.7. The second kappa shape index (κ2) is 6.39. The highest BCUT2D eigenvalue weighted by atomic mass is 19.1.